The fraction of sp³-hybridized carbons (Fsp3) is 0.600. The van der Waals surface area contributed by atoms with Crippen LogP contribution in [-0.4, -0.2) is 50.6 Å². The van der Waals surface area contributed by atoms with Gasteiger partial charge in [-0.25, -0.2) is 0 Å². The number of nitrogens with two attached hydrogens (primary N) is 1. The van der Waals surface area contributed by atoms with E-state index in [4.69, 9.17) is 10.5 Å². The number of hydrogen-bond donors (Lipinski definition) is 1. The molecule has 1 saturated heterocycles. The number of hydrogen-bond acceptors (Lipinski definition) is 4. The summed E-state index contributed by atoms with van der Waals surface area (Å²) in [4.78, 5) is 4.76. The minimum Gasteiger partial charge on any atom is -0.496 e. The second kappa shape index (κ2) is 6.26. The SMILES string of the molecule is COc1ccc(N)cc1CN(C)CC1CCN(C)C1. The summed E-state index contributed by atoms with van der Waals surface area (Å²) in [7, 11) is 6.07. The van der Waals surface area contributed by atoms with Gasteiger partial charge in [0.1, 0.15) is 5.75 Å². The van der Waals surface area contributed by atoms with E-state index < -0.39 is 0 Å². The molecule has 4 heteroatoms. The van der Waals surface area contributed by atoms with Crippen molar-refractivity contribution in [3.63, 3.8) is 0 Å². The lowest BCUT2D eigenvalue weighted by molar-refractivity contribution is 0.263. The molecule has 0 aliphatic carbocycles. The number of nitrogen functional groups attached to an aromatic ring is 1. The molecule has 2 N–H and O–H groups in total. The number of methoxy groups -OCH3 is 1. The molecule has 1 aromatic rings. The van der Waals surface area contributed by atoms with Crippen molar-refractivity contribution in [2.45, 2.75) is 13.0 Å². The van der Waals surface area contributed by atoms with Crippen LogP contribution in [0.4, 0.5) is 5.69 Å². The quantitative estimate of drug-likeness (QED) is 0.820. The first-order valence-electron chi connectivity index (χ1n) is 6.88. The van der Waals surface area contributed by atoms with E-state index in [9.17, 15) is 0 Å². The molecule has 1 atom stereocenters. The van der Waals surface area contributed by atoms with Crippen molar-refractivity contribution in [1.29, 1.82) is 0 Å². The van der Waals surface area contributed by atoms with Gasteiger partial charge in [-0.2, -0.15) is 0 Å². The van der Waals surface area contributed by atoms with Crippen molar-refractivity contribution >= 4 is 5.69 Å². The van der Waals surface area contributed by atoms with Gasteiger partial charge >= 0.3 is 0 Å². The predicted molar refractivity (Wildman–Crippen MR) is 79.3 cm³/mol. The molecular weight excluding hydrogens is 238 g/mol. The highest BCUT2D eigenvalue weighted by molar-refractivity contribution is 5.47. The van der Waals surface area contributed by atoms with Gasteiger partial charge in [0.05, 0.1) is 7.11 Å². The lowest BCUT2D eigenvalue weighted by Gasteiger charge is -2.22. The summed E-state index contributed by atoms with van der Waals surface area (Å²) in [6, 6.07) is 5.84. The summed E-state index contributed by atoms with van der Waals surface area (Å²) in [6.45, 7) is 4.44. The molecule has 1 heterocycles. The van der Waals surface area contributed by atoms with Gasteiger partial charge in [0.25, 0.3) is 0 Å². The van der Waals surface area contributed by atoms with Crippen molar-refractivity contribution in [3.05, 3.63) is 23.8 Å². The molecule has 1 aliphatic rings. The monoisotopic (exact) mass is 263 g/mol. The minimum absolute atomic E-state index is 0.780. The largest absolute Gasteiger partial charge is 0.496 e. The van der Waals surface area contributed by atoms with E-state index in [-0.39, 0.29) is 0 Å². The molecule has 1 unspecified atom stereocenters. The number of nitrogens with zero attached hydrogens (tertiary/aromatic N) is 2. The van der Waals surface area contributed by atoms with Gasteiger partial charge in [-0.1, -0.05) is 0 Å². The third kappa shape index (κ3) is 3.85. The Kier molecular flexibility index (Phi) is 4.66. The third-order valence-corrected chi connectivity index (χ3v) is 3.80. The Balaban J connectivity index is 1.94. The molecular formula is C15H25N3O. The van der Waals surface area contributed by atoms with E-state index in [0.717, 1.165) is 36.0 Å². The van der Waals surface area contributed by atoms with Crippen molar-refractivity contribution in [2.75, 3.05) is 46.6 Å². The van der Waals surface area contributed by atoms with Crippen molar-refractivity contribution < 1.29 is 4.74 Å². The number of likely N-dealkylation sites (tertiary alicyclic amines) is 1. The summed E-state index contributed by atoms with van der Waals surface area (Å²) < 4.78 is 5.40. The number of benzene rings is 1. The van der Waals surface area contributed by atoms with Gasteiger partial charge in [-0.05, 0) is 51.2 Å². The predicted octanol–water partition coefficient (Wildman–Crippen LogP) is 1.66. The van der Waals surface area contributed by atoms with Crippen LogP contribution in [0.15, 0.2) is 18.2 Å². The van der Waals surface area contributed by atoms with E-state index in [0.29, 0.717) is 0 Å². The average molecular weight is 263 g/mol. The first kappa shape index (κ1) is 14.2. The lowest BCUT2D eigenvalue weighted by atomic mass is 10.1. The summed E-state index contributed by atoms with van der Waals surface area (Å²) in [5.74, 6) is 1.70. The minimum atomic E-state index is 0.780. The number of rotatable bonds is 5. The van der Waals surface area contributed by atoms with Crippen LogP contribution in [-0.2, 0) is 6.54 Å². The maximum absolute atomic E-state index is 5.86. The van der Waals surface area contributed by atoms with Crippen LogP contribution >= 0.6 is 0 Å². The molecule has 2 rings (SSSR count). The van der Waals surface area contributed by atoms with Crippen LogP contribution in [0.1, 0.15) is 12.0 Å². The molecule has 1 fully saturated rings. The van der Waals surface area contributed by atoms with Crippen LogP contribution < -0.4 is 10.5 Å². The third-order valence-electron chi connectivity index (χ3n) is 3.80. The van der Waals surface area contributed by atoms with Crippen LogP contribution in [0, 0.1) is 5.92 Å². The Labute approximate surface area is 116 Å². The first-order valence-corrected chi connectivity index (χ1v) is 6.88. The van der Waals surface area contributed by atoms with E-state index >= 15 is 0 Å². The van der Waals surface area contributed by atoms with Gasteiger partial charge in [0.15, 0.2) is 0 Å². The maximum Gasteiger partial charge on any atom is 0.123 e. The maximum atomic E-state index is 5.86. The molecule has 19 heavy (non-hydrogen) atoms. The normalized spacial score (nSPS) is 20.1. The molecule has 1 aromatic carbocycles. The van der Waals surface area contributed by atoms with Crippen LogP contribution in [0.25, 0.3) is 0 Å². The molecule has 106 valence electrons. The molecule has 0 radical (unpaired) electrons. The highest BCUT2D eigenvalue weighted by Crippen LogP contribution is 2.23. The Hall–Kier alpha value is -1.26. The van der Waals surface area contributed by atoms with E-state index in [1.54, 1.807) is 7.11 Å². The first-order chi connectivity index (χ1) is 9.08. The van der Waals surface area contributed by atoms with E-state index in [1.807, 2.05) is 18.2 Å². The Morgan fingerprint density at radius 3 is 2.89 bits per heavy atom. The fourth-order valence-electron chi connectivity index (χ4n) is 2.89. The number of ether oxygens (including phenoxy) is 1. The van der Waals surface area contributed by atoms with Crippen LogP contribution in [0.3, 0.4) is 0 Å². The van der Waals surface area contributed by atoms with Crippen LogP contribution in [0.5, 0.6) is 5.75 Å². The summed E-state index contributed by atoms with van der Waals surface area (Å²) in [6.07, 6.45) is 1.30. The molecule has 0 amide bonds. The zero-order chi connectivity index (χ0) is 13.8. The van der Waals surface area contributed by atoms with E-state index in [2.05, 4.69) is 23.9 Å². The van der Waals surface area contributed by atoms with Gasteiger partial charge in [0, 0.05) is 30.9 Å². The second-order valence-electron chi connectivity index (χ2n) is 5.68. The highest BCUT2D eigenvalue weighted by atomic mass is 16.5. The summed E-state index contributed by atoms with van der Waals surface area (Å²) in [5, 5.41) is 0. The second-order valence-corrected chi connectivity index (χ2v) is 5.68. The molecule has 0 saturated carbocycles. The Morgan fingerprint density at radius 1 is 1.47 bits per heavy atom. The molecule has 1 aliphatic heterocycles. The zero-order valence-electron chi connectivity index (χ0n) is 12.2. The highest BCUT2D eigenvalue weighted by Gasteiger charge is 2.21. The molecule has 0 spiro atoms. The average Bonchev–Trinajstić information content (AvgIpc) is 2.75. The van der Waals surface area contributed by atoms with Gasteiger partial charge in [0.2, 0.25) is 0 Å². The Bertz CT molecular complexity index is 422. The topological polar surface area (TPSA) is 41.7 Å². The number of anilines is 1. The summed E-state index contributed by atoms with van der Waals surface area (Å²) >= 11 is 0. The zero-order valence-corrected chi connectivity index (χ0v) is 12.2. The molecule has 0 bridgehead atoms. The lowest BCUT2D eigenvalue weighted by Crippen LogP contribution is -2.27. The fourth-order valence-corrected chi connectivity index (χ4v) is 2.89. The van der Waals surface area contributed by atoms with Gasteiger partial charge < -0.3 is 20.3 Å². The molecule has 4 nitrogen and oxygen atoms in total. The van der Waals surface area contributed by atoms with Crippen molar-refractivity contribution in [1.82, 2.24) is 9.80 Å². The van der Waals surface area contributed by atoms with Crippen molar-refractivity contribution in [2.24, 2.45) is 5.92 Å². The van der Waals surface area contributed by atoms with Crippen LogP contribution in [0.2, 0.25) is 0 Å². The Morgan fingerprint density at radius 2 is 2.26 bits per heavy atom. The van der Waals surface area contributed by atoms with Gasteiger partial charge in [-0.15, -0.1) is 0 Å². The van der Waals surface area contributed by atoms with E-state index in [1.165, 1.54) is 19.5 Å². The molecule has 0 aromatic heterocycles. The smallest absolute Gasteiger partial charge is 0.123 e. The van der Waals surface area contributed by atoms with Crippen molar-refractivity contribution in [3.8, 4) is 5.75 Å². The standard InChI is InChI=1S/C15H25N3O/c1-17-7-6-12(9-17)10-18(2)11-13-8-14(16)4-5-15(13)19-3/h4-5,8,12H,6-7,9-11,16H2,1-3H3. The summed E-state index contributed by atoms with van der Waals surface area (Å²) in [5.41, 5.74) is 7.82. The van der Waals surface area contributed by atoms with Gasteiger partial charge in [-0.3, -0.25) is 0 Å².